The smallest absolute Gasteiger partial charge is 0.226 e. The van der Waals surface area contributed by atoms with E-state index in [1.54, 1.807) is 12.3 Å². The number of morpholine rings is 1. The Hall–Kier alpha value is -1.69. The van der Waals surface area contributed by atoms with E-state index in [0.29, 0.717) is 18.2 Å². The van der Waals surface area contributed by atoms with Gasteiger partial charge in [-0.05, 0) is 19.4 Å². The Morgan fingerprint density at radius 3 is 3.11 bits per heavy atom. The van der Waals surface area contributed by atoms with Crippen molar-refractivity contribution >= 4 is 11.8 Å². The van der Waals surface area contributed by atoms with E-state index in [2.05, 4.69) is 21.8 Å². The molecule has 1 aliphatic heterocycles. The molecule has 2 heterocycles. The Kier molecular flexibility index (Phi) is 3.76. The van der Waals surface area contributed by atoms with Gasteiger partial charge in [-0.25, -0.2) is 9.97 Å². The molecule has 0 amide bonds. The van der Waals surface area contributed by atoms with E-state index in [-0.39, 0.29) is 18.0 Å². The SMILES string of the molecule is CCC1COC(C)CN1c1nccc(C(=N)N)n1. The van der Waals surface area contributed by atoms with E-state index in [0.717, 1.165) is 13.0 Å². The van der Waals surface area contributed by atoms with Gasteiger partial charge >= 0.3 is 0 Å². The van der Waals surface area contributed by atoms with Crippen LogP contribution < -0.4 is 10.6 Å². The molecule has 98 valence electrons. The fraction of sp³-hybridized carbons (Fsp3) is 0.583. The lowest BCUT2D eigenvalue weighted by molar-refractivity contribution is 0.0292. The molecule has 1 aromatic rings. The van der Waals surface area contributed by atoms with Crippen molar-refractivity contribution in [3.05, 3.63) is 18.0 Å². The monoisotopic (exact) mass is 249 g/mol. The maximum absolute atomic E-state index is 7.43. The largest absolute Gasteiger partial charge is 0.382 e. The van der Waals surface area contributed by atoms with Crippen LogP contribution in [-0.2, 0) is 4.74 Å². The summed E-state index contributed by atoms with van der Waals surface area (Å²) in [6.07, 6.45) is 2.78. The minimum atomic E-state index is -0.0343. The molecule has 0 radical (unpaired) electrons. The van der Waals surface area contributed by atoms with Crippen LogP contribution in [0.5, 0.6) is 0 Å². The molecule has 2 rings (SSSR count). The van der Waals surface area contributed by atoms with Gasteiger partial charge in [-0.2, -0.15) is 0 Å². The summed E-state index contributed by atoms with van der Waals surface area (Å²) in [4.78, 5) is 10.8. The maximum atomic E-state index is 7.43. The molecule has 6 nitrogen and oxygen atoms in total. The molecule has 0 spiro atoms. The number of anilines is 1. The summed E-state index contributed by atoms with van der Waals surface area (Å²) in [5, 5.41) is 7.43. The van der Waals surface area contributed by atoms with E-state index in [4.69, 9.17) is 15.9 Å². The second-order valence-electron chi connectivity index (χ2n) is 4.51. The molecular weight excluding hydrogens is 230 g/mol. The summed E-state index contributed by atoms with van der Waals surface area (Å²) >= 11 is 0. The second-order valence-corrected chi connectivity index (χ2v) is 4.51. The molecule has 0 bridgehead atoms. The number of rotatable bonds is 3. The molecule has 1 fully saturated rings. The van der Waals surface area contributed by atoms with E-state index in [9.17, 15) is 0 Å². The number of nitrogens with zero attached hydrogens (tertiary/aromatic N) is 3. The summed E-state index contributed by atoms with van der Waals surface area (Å²) in [6, 6.07) is 1.93. The van der Waals surface area contributed by atoms with Crippen LogP contribution in [0.15, 0.2) is 12.3 Å². The average Bonchev–Trinajstić information content (AvgIpc) is 2.39. The second kappa shape index (κ2) is 5.30. The van der Waals surface area contributed by atoms with Crippen molar-refractivity contribution in [1.29, 1.82) is 5.41 Å². The van der Waals surface area contributed by atoms with Crippen LogP contribution >= 0.6 is 0 Å². The number of amidine groups is 1. The molecule has 1 aromatic heterocycles. The van der Waals surface area contributed by atoms with Crippen molar-refractivity contribution in [2.24, 2.45) is 5.73 Å². The molecular formula is C12H19N5O. The number of aromatic nitrogens is 2. The maximum Gasteiger partial charge on any atom is 0.226 e. The summed E-state index contributed by atoms with van der Waals surface area (Å²) < 4.78 is 5.65. The standard InChI is InChI=1S/C12H19N5O/c1-3-9-7-18-8(2)6-17(9)12-15-5-4-10(16-12)11(13)14/h4-5,8-9H,3,6-7H2,1-2H3,(H3,13,14). The lowest BCUT2D eigenvalue weighted by Crippen LogP contribution is -2.49. The van der Waals surface area contributed by atoms with Gasteiger partial charge in [0.2, 0.25) is 5.95 Å². The Labute approximate surface area is 107 Å². The van der Waals surface area contributed by atoms with Gasteiger partial charge in [0, 0.05) is 12.7 Å². The summed E-state index contributed by atoms with van der Waals surface area (Å²) in [6.45, 7) is 5.60. The van der Waals surface area contributed by atoms with Crippen LogP contribution in [0.25, 0.3) is 0 Å². The van der Waals surface area contributed by atoms with Crippen molar-refractivity contribution in [1.82, 2.24) is 9.97 Å². The highest BCUT2D eigenvalue weighted by Crippen LogP contribution is 2.19. The highest BCUT2D eigenvalue weighted by Gasteiger charge is 2.27. The molecule has 0 aliphatic carbocycles. The van der Waals surface area contributed by atoms with Gasteiger partial charge in [0.25, 0.3) is 0 Å². The Bertz CT molecular complexity index is 436. The van der Waals surface area contributed by atoms with Gasteiger partial charge in [-0.3, -0.25) is 5.41 Å². The highest BCUT2D eigenvalue weighted by molar-refractivity contribution is 5.93. The Morgan fingerprint density at radius 2 is 2.44 bits per heavy atom. The highest BCUT2D eigenvalue weighted by atomic mass is 16.5. The van der Waals surface area contributed by atoms with Gasteiger partial charge in [0.05, 0.1) is 18.8 Å². The van der Waals surface area contributed by atoms with Crippen molar-refractivity contribution in [3.63, 3.8) is 0 Å². The minimum Gasteiger partial charge on any atom is -0.382 e. The van der Waals surface area contributed by atoms with E-state index < -0.39 is 0 Å². The fourth-order valence-corrected chi connectivity index (χ4v) is 2.06. The predicted octanol–water partition coefficient (Wildman–Crippen LogP) is 0.764. The van der Waals surface area contributed by atoms with Crippen molar-refractivity contribution in [3.8, 4) is 0 Å². The first-order valence-corrected chi connectivity index (χ1v) is 6.17. The lowest BCUT2D eigenvalue weighted by Gasteiger charge is -2.38. The first-order valence-electron chi connectivity index (χ1n) is 6.17. The van der Waals surface area contributed by atoms with Crippen molar-refractivity contribution in [2.75, 3.05) is 18.1 Å². The molecule has 3 N–H and O–H groups in total. The van der Waals surface area contributed by atoms with Crippen molar-refractivity contribution in [2.45, 2.75) is 32.4 Å². The zero-order chi connectivity index (χ0) is 13.1. The summed E-state index contributed by atoms with van der Waals surface area (Å²) in [7, 11) is 0. The zero-order valence-electron chi connectivity index (χ0n) is 10.8. The predicted molar refractivity (Wildman–Crippen MR) is 69.9 cm³/mol. The zero-order valence-corrected chi connectivity index (χ0v) is 10.8. The van der Waals surface area contributed by atoms with Crippen molar-refractivity contribution < 1.29 is 4.74 Å². The van der Waals surface area contributed by atoms with Crippen LogP contribution in [0.3, 0.4) is 0 Å². The summed E-state index contributed by atoms with van der Waals surface area (Å²) in [5.74, 6) is 0.595. The van der Waals surface area contributed by atoms with E-state index in [1.807, 2.05) is 6.92 Å². The number of nitrogens with two attached hydrogens (primary N) is 1. The third kappa shape index (κ3) is 2.59. The molecule has 0 saturated carbocycles. The molecule has 18 heavy (non-hydrogen) atoms. The van der Waals surface area contributed by atoms with Gasteiger partial charge in [0.1, 0.15) is 11.5 Å². The normalized spacial score (nSPS) is 24.0. The van der Waals surface area contributed by atoms with Crippen LogP contribution in [0.1, 0.15) is 26.0 Å². The number of nitrogen functional groups attached to an aromatic ring is 1. The number of ether oxygens (including phenoxy) is 1. The minimum absolute atomic E-state index is 0.0343. The van der Waals surface area contributed by atoms with Crippen LogP contribution in [-0.4, -0.2) is 41.1 Å². The van der Waals surface area contributed by atoms with E-state index >= 15 is 0 Å². The lowest BCUT2D eigenvalue weighted by atomic mass is 10.1. The molecule has 1 saturated heterocycles. The fourth-order valence-electron chi connectivity index (χ4n) is 2.06. The molecule has 1 aliphatic rings. The first kappa shape index (κ1) is 12.8. The Balaban J connectivity index is 2.27. The van der Waals surface area contributed by atoms with Gasteiger partial charge < -0.3 is 15.4 Å². The van der Waals surface area contributed by atoms with Crippen LogP contribution in [0, 0.1) is 5.41 Å². The molecule has 6 heteroatoms. The third-order valence-electron chi connectivity index (χ3n) is 3.11. The van der Waals surface area contributed by atoms with Gasteiger partial charge in [0.15, 0.2) is 0 Å². The third-order valence-corrected chi connectivity index (χ3v) is 3.11. The number of nitrogens with one attached hydrogen (secondary N) is 1. The van der Waals surface area contributed by atoms with E-state index in [1.165, 1.54) is 0 Å². The summed E-state index contributed by atoms with van der Waals surface area (Å²) in [5.41, 5.74) is 5.92. The molecule has 2 atom stereocenters. The van der Waals surface area contributed by atoms with Crippen LogP contribution in [0.4, 0.5) is 5.95 Å². The average molecular weight is 249 g/mol. The molecule has 0 aromatic carbocycles. The topological polar surface area (TPSA) is 88.1 Å². The first-order chi connectivity index (χ1) is 8.61. The van der Waals surface area contributed by atoms with Gasteiger partial charge in [-0.1, -0.05) is 6.92 Å². The molecule has 2 unspecified atom stereocenters. The number of hydrogen-bond donors (Lipinski definition) is 2. The number of hydrogen-bond acceptors (Lipinski definition) is 5. The van der Waals surface area contributed by atoms with Crippen LogP contribution in [0.2, 0.25) is 0 Å². The quantitative estimate of drug-likeness (QED) is 0.610. The Morgan fingerprint density at radius 1 is 1.67 bits per heavy atom. The van der Waals surface area contributed by atoms with Gasteiger partial charge in [-0.15, -0.1) is 0 Å².